The topological polar surface area (TPSA) is 67.7 Å². The first-order chi connectivity index (χ1) is 13.9. The molecule has 0 N–H and O–H groups in total. The van der Waals surface area contributed by atoms with E-state index in [0.717, 1.165) is 57.6 Å². The Kier molecular flexibility index (Phi) is 7.33. The van der Waals surface area contributed by atoms with Gasteiger partial charge in [0.2, 0.25) is 11.8 Å². The Labute approximate surface area is 174 Å². The van der Waals surface area contributed by atoms with Crippen LogP contribution in [0.2, 0.25) is 0 Å². The van der Waals surface area contributed by atoms with Crippen molar-refractivity contribution in [2.24, 2.45) is 13.0 Å². The van der Waals surface area contributed by atoms with Crippen LogP contribution in [0.5, 0.6) is 0 Å². The van der Waals surface area contributed by atoms with Crippen molar-refractivity contribution in [3.63, 3.8) is 0 Å². The van der Waals surface area contributed by atoms with Gasteiger partial charge < -0.3 is 14.5 Å². The molecule has 3 heterocycles. The predicted molar refractivity (Wildman–Crippen MR) is 111 cm³/mol. The number of aryl methyl sites for hydroxylation is 2. The molecule has 7 nitrogen and oxygen atoms in total. The van der Waals surface area contributed by atoms with Crippen LogP contribution in [0.1, 0.15) is 63.4 Å². The maximum atomic E-state index is 13.2. The van der Waals surface area contributed by atoms with Gasteiger partial charge in [-0.1, -0.05) is 13.8 Å². The average molecular weight is 405 g/mol. The van der Waals surface area contributed by atoms with Crippen LogP contribution >= 0.6 is 0 Å². The van der Waals surface area contributed by atoms with Gasteiger partial charge in [-0.15, -0.1) is 0 Å². The van der Waals surface area contributed by atoms with Crippen molar-refractivity contribution in [2.45, 2.75) is 71.9 Å². The number of piperidine rings is 1. The standard InChI is InChI=1S/C22H36N4O3/c1-16(2)7-13-26(18-8-11-25(12-9-18)17(3)27)22(28)6-5-20-19-15-29-14-10-21(19)24(4)23-20/h16,18H,5-15H2,1-4H3. The molecule has 2 aliphatic rings. The van der Waals surface area contributed by atoms with Crippen molar-refractivity contribution < 1.29 is 14.3 Å². The number of nitrogens with zero attached hydrogens (tertiary/aromatic N) is 4. The first kappa shape index (κ1) is 21.8. The van der Waals surface area contributed by atoms with Crippen LogP contribution in [0.3, 0.4) is 0 Å². The third-order valence-corrected chi connectivity index (χ3v) is 6.28. The van der Waals surface area contributed by atoms with E-state index in [4.69, 9.17) is 4.74 Å². The highest BCUT2D eigenvalue weighted by atomic mass is 16.5. The first-order valence-electron chi connectivity index (χ1n) is 11.0. The van der Waals surface area contributed by atoms with Crippen LogP contribution in [0.15, 0.2) is 0 Å². The molecule has 0 aromatic carbocycles. The average Bonchev–Trinajstić information content (AvgIpc) is 3.03. The first-order valence-corrected chi connectivity index (χ1v) is 11.0. The minimum atomic E-state index is 0.130. The molecule has 162 valence electrons. The van der Waals surface area contributed by atoms with Gasteiger partial charge in [0.15, 0.2) is 0 Å². The van der Waals surface area contributed by atoms with Crippen LogP contribution < -0.4 is 0 Å². The fraction of sp³-hybridized carbons (Fsp3) is 0.773. The number of ether oxygens (including phenoxy) is 1. The van der Waals surface area contributed by atoms with Crippen molar-refractivity contribution in [1.29, 1.82) is 0 Å². The van der Waals surface area contributed by atoms with Crippen molar-refractivity contribution in [3.8, 4) is 0 Å². The van der Waals surface area contributed by atoms with Gasteiger partial charge in [-0.2, -0.15) is 5.10 Å². The van der Waals surface area contributed by atoms with Crippen molar-refractivity contribution in [2.75, 3.05) is 26.2 Å². The fourth-order valence-electron chi connectivity index (χ4n) is 4.46. The van der Waals surface area contributed by atoms with Gasteiger partial charge in [0, 0.05) is 70.2 Å². The zero-order valence-electron chi connectivity index (χ0n) is 18.4. The smallest absolute Gasteiger partial charge is 0.223 e. The van der Waals surface area contributed by atoms with Gasteiger partial charge in [0.25, 0.3) is 0 Å². The number of carbonyl (C=O) groups is 2. The third-order valence-electron chi connectivity index (χ3n) is 6.28. The lowest BCUT2D eigenvalue weighted by molar-refractivity contribution is -0.136. The van der Waals surface area contributed by atoms with E-state index in [1.807, 2.05) is 16.6 Å². The number of fused-ring (bicyclic) bond motifs is 1. The third kappa shape index (κ3) is 5.38. The molecule has 0 aliphatic carbocycles. The molecule has 1 fully saturated rings. The summed E-state index contributed by atoms with van der Waals surface area (Å²) in [6.45, 7) is 9.65. The molecule has 0 spiro atoms. The zero-order chi connectivity index (χ0) is 21.0. The molecule has 0 bridgehead atoms. The molecular weight excluding hydrogens is 368 g/mol. The molecule has 0 saturated carbocycles. The Morgan fingerprint density at radius 3 is 2.66 bits per heavy atom. The van der Waals surface area contributed by atoms with E-state index < -0.39 is 0 Å². The number of hydrogen-bond donors (Lipinski definition) is 0. The Morgan fingerprint density at radius 2 is 2.00 bits per heavy atom. The molecule has 3 rings (SSSR count). The highest BCUT2D eigenvalue weighted by molar-refractivity contribution is 5.77. The number of amides is 2. The van der Waals surface area contributed by atoms with E-state index in [1.54, 1.807) is 6.92 Å². The van der Waals surface area contributed by atoms with Crippen LogP contribution in [0, 0.1) is 5.92 Å². The molecule has 0 unspecified atom stereocenters. The molecule has 7 heteroatoms. The van der Waals surface area contributed by atoms with E-state index in [9.17, 15) is 9.59 Å². The summed E-state index contributed by atoms with van der Waals surface area (Å²) in [4.78, 5) is 28.8. The number of carbonyl (C=O) groups excluding carboxylic acids is 2. The SMILES string of the molecule is CC(=O)N1CCC(N(CCC(C)C)C(=O)CCc2nn(C)c3c2COCC3)CC1. The zero-order valence-corrected chi connectivity index (χ0v) is 18.4. The molecule has 1 aromatic rings. The molecule has 2 aliphatic heterocycles. The van der Waals surface area contributed by atoms with Gasteiger partial charge in [-0.3, -0.25) is 14.3 Å². The summed E-state index contributed by atoms with van der Waals surface area (Å²) < 4.78 is 7.56. The molecule has 0 radical (unpaired) electrons. The number of hydrogen-bond acceptors (Lipinski definition) is 4. The Morgan fingerprint density at radius 1 is 1.28 bits per heavy atom. The van der Waals surface area contributed by atoms with Gasteiger partial charge in [0.1, 0.15) is 0 Å². The second-order valence-electron chi connectivity index (χ2n) is 8.81. The minimum absolute atomic E-state index is 0.130. The summed E-state index contributed by atoms with van der Waals surface area (Å²) in [7, 11) is 1.98. The summed E-state index contributed by atoms with van der Waals surface area (Å²) in [5, 5.41) is 4.66. The van der Waals surface area contributed by atoms with E-state index in [0.29, 0.717) is 25.4 Å². The summed E-state index contributed by atoms with van der Waals surface area (Å²) in [5.74, 6) is 0.899. The monoisotopic (exact) mass is 404 g/mol. The van der Waals surface area contributed by atoms with Crippen molar-refractivity contribution in [3.05, 3.63) is 17.0 Å². The normalized spacial score (nSPS) is 17.5. The van der Waals surface area contributed by atoms with Gasteiger partial charge >= 0.3 is 0 Å². The van der Waals surface area contributed by atoms with Gasteiger partial charge in [-0.05, 0) is 25.2 Å². The van der Waals surface area contributed by atoms with Gasteiger partial charge in [-0.25, -0.2) is 0 Å². The Balaban J connectivity index is 1.63. The lowest BCUT2D eigenvalue weighted by atomic mass is 10.00. The van der Waals surface area contributed by atoms with E-state index in [-0.39, 0.29) is 17.9 Å². The summed E-state index contributed by atoms with van der Waals surface area (Å²) in [6.07, 6.45) is 4.78. The van der Waals surface area contributed by atoms with Crippen LogP contribution in [-0.4, -0.2) is 63.7 Å². The predicted octanol–water partition coefficient (Wildman–Crippen LogP) is 2.31. The maximum absolute atomic E-state index is 13.2. The highest BCUT2D eigenvalue weighted by Crippen LogP contribution is 2.23. The van der Waals surface area contributed by atoms with Crippen LogP contribution in [0.4, 0.5) is 0 Å². The molecule has 1 aromatic heterocycles. The number of likely N-dealkylation sites (tertiary alicyclic amines) is 1. The van der Waals surface area contributed by atoms with Crippen molar-refractivity contribution >= 4 is 11.8 Å². The lowest BCUT2D eigenvalue weighted by Crippen LogP contribution is -2.49. The summed E-state index contributed by atoms with van der Waals surface area (Å²) in [5.41, 5.74) is 3.42. The van der Waals surface area contributed by atoms with Crippen LogP contribution in [0.25, 0.3) is 0 Å². The number of aromatic nitrogens is 2. The van der Waals surface area contributed by atoms with E-state index in [2.05, 4.69) is 23.8 Å². The lowest BCUT2D eigenvalue weighted by Gasteiger charge is -2.38. The molecule has 29 heavy (non-hydrogen) atoms. The molecule has 2 amide bonds. The highest BCUT2D eigenvalue weighted by Gasteiger charge is 2.29. The maximum Gasteiger partial charge on any atom is 0.223 e. The Hall–Kier alpha value is -1.89. The largest absolute Gasteiger partial charge is 0.376 e. The second-order valence-corrected chi connectivity index (χ2v) is 8.81. The molecule has 1 saturated heterocycles. The van der Waals surface area contributed by atoms with E-state index in [1.165, 1.54) is 11.3 Å². The van der Waals surface area contributed by atoms with Crippen LogP contribution in [-0.2, 0) is 40.8 Å². The van der Waals surface area contributed by atoms with Gasteiger partial charge in [0.05, 0.1) is 18.9 Å². The fourth-order valence-corrected chi connectivity index (χ4v) is 4.46. The minimum Gasteiger partial charge on any atom is -0.376 e. The Bertz CT molecular complexity index is 720. The molecular formula is C22H36N4O3. The molecule has 0 atom stereocenters. The van der Waals surface area contributed by atoms with E-state index >= 15 is 0 Å². The quantitative estimate of drug-likeness (QED) is 0.699. The summed E-state index contributed by atoms with van der Waals surface area (Å²) in [6, 6.07) is 0.234. The van der Waals surface area contributed by atoms with Crippen molar-refractivity contribution in [1.82, 2.24) is 19.6 Å². The number of rotatable bonds is 7. The second kappa shape index (κ2) is 9.74. The summed E-state index contributed by atoms with van der Waals surface area (Å²) >= 11 is 0.